The Labute approximate surface area is 108 Å². The zero-order valence-electron chi connectivity index (χ0n) is 12.3. The fourth-order valence-electron chi connectivity index (χ4n) is 3.54. The van der Waals surface area contributed by atoms with Crippen molar-refractivity contribution < 1.29 is 0 Å². The van der Waals surface area contributed by atoms with Crippen LogP contribution >= 0.6 is 0 Å². The molecule has 2 nitrogen and oxygen atoms in total. The molecule has 0 radical (unpaired) electrons. The summed E-state index contributed by atoms with van der Waals surface area (Å²) in [6.07, 6.45) is 9.21. The zero-order chi connectivity index (χ0) is 12.9. The van der Waals surface area contributed by atoms with Gasteiger partial charge in [0.25, 0.3) is 0 Å². The first-order valence-corrected chi connectivity index (χ1v) is 7.57. The molecule has 2 heteroatoms. The molecule has 0 aromatic heterocycles. The Morgan fingerprint density at radius 3 is 2.47 bits per heavy atom. The monoisotopic (exact) mass is 240 g/mol. The predicted octanol–water partition coefficient (Wildman–Crippen LogP) is 3.55. The smallest absolute Gasteiger partial charge is 0.0309 e. The molecule has 2 N–H and O–H groups in total. The van der Waals surface area contributed by atoms with Crippen LogP contribution in [0.25, 0.3) is 0 Å². The summed E-state index contributed by atoms with van der Waals surface area (Å²) in [5.74, 6) is 0. The molecule has 1 fully saturated rings. The third-order valence-corrected chi connectivity index (χ3v) is 4.64. The van der Waals surface area contributed by atoms with Crippen LogP contribution in [0.1, 0.15) is 72.6 Å². The van der Waals surface area contributed by atoms with Crippen LogP contribution in [0.2, 0.25) is 0 Å². The van der Waals surface area contributed by atoms with Gasteiger partial charge in [0.2, 0.25) is 0 Å². The normalized spacial score (nSPS) is 29.5. The van der Waals surface area contributed by atoms with Crippen molar-refractivity contribution in [2.75, 3.05) is 6.54 Å². The van der Waals surface area contributed by atoms with Gasteiger partial charge in [0.1, 0.15) is 0 Å². The molecule has 0 saturated carbocycles. The molecule has 1 rings (SSSR count). The highest BCUT2D eigenvalue weighted by atomic mass is 15.3. The van der Waals surface area contributed by atoms with Crippen LogP contribution in [0, 0.1) is 0 Å². The van der Waals surface area contributed by atoms with Gasteiger partial charge in [-0.05, 0) is 39.5 Å². The average molecular weight is 240 g/mol. The van der Waals surface area contributed by atoms with Crippen LogP contribution in [0.4, 0.5) is 0 Å². The van der Waals surface area contributed by atoms with Gasteiger partial charge in [0.15, 0.2) is 0 Å². The number of unbranched alkanes of at least 4 members (excludes halogenated alkanes) is 2. The van der Waals surface area contributed by atoms with E-state index in [4.69, 9.17) is 5.73 Å². The van der Waals surface area contributed by atoms with E-state index in [0.29, 0.717) is 0 Å². The molecule has 1 saturated heterocycles. The molecule has 3 atom stereocenters. The predicted molar refractivity (Wildman–Crippen MR) is 76.2 cm³/mol. The molecular weight excluding hydrogens is 208 g/mol. The molecular formula is C15H32N2. The molecule has 0 amide bonds. The molecule has 1 heterocycles. The van der Waals surface area contributed by atoms with E-state index < -0.39 is 0 Å². The van der Waals surface area contributed by atoms with Crippen LogP contribution in [0.15, 0.2) is 0 Å². The van der Waals surface area contributed by atoms with Gasteiger partial charge in [-0.2, -0.15) is 0 Å². The second-order valence-electron chi connectivity index (χ2n) is 6.05. The molecule has 0 aliphatic carbocycles. The van der Waals surface area contributed by atoms with Gasteiger partial charge in [-0.3, -0.25) is 4.90 Å². The van der Waals surface area contributed by atoms with E-state index in [9.17, 15) is 0 Å². The molecule has 102 valence electrons. The summed E-state index contributed by atoms with van der Waals surface area (Å²) in [4.78, 5) is 2.74. The summed E-state index contributed by atoms with van der Waals surface area (Å²) in [6, 6.07) is 1.48. The van der Waals surface area contributed by atoms with Gasteiger partial charge in [-0.1, -0.05) is 33.1 Å². The number of nitrogens with two attached hydrogens (primary N) is 1. The quantitative estimate of drug-likeness (QED) is 0.690. The van der Waals surface area contributed by atoms with Crippen LogP contribution < -0.4 is 5.73 Å². The van der Waals surface area contributed by atoms with Gasteiger partial charge in [-0.25, -0.2) is 0 Å². The van der Waals surface area contributed by atoms with Gasteiger partial charge in [0, 0.05) is 24.2 Å². The summed E-state index contributed by atoms with van der Waals surface area (Å²) in [6.45, 7) is 10.2. The van der Waals surface area contributed by atoms with Crippen molar-refractivity contribution >= 4 is 0 Å². The highest BCUT2D eigenvalue weighted by molar-refractivity contribution is 4.97. The second-order valence-corrected chi connectivity index (χ2v) is 6.05. The summed E-state index contributed by atoms with van der Waals surface area (Å²) in [5, 5.41) is 0. The highest BCUT2D eigenvalue weighted by Gasteiger charge is 2.40. The van der Waals surface area contributed by atoms with Crippen molar-refractivity contribution in [2.24, 2.45) is 5.73 Å². The minimum Gasteiger partial charge on any atom is -0.329 e. The minimum absolute atomic E-state index is 0.228. The van der Waals surface area contributed by atoms with Gasteiger partial charge in [0.05, 0.1) is 0 Å². The Morgan fingerprint density at radius 2 is 1.94 bits per heavy atom. The van der Waals surface area contributed by atoms with Crippen molar-refractivity contribution in [1.29, 1.82) is 0 Å². The molecule has 0 aromatic carbocycles. The molecule has 17 heavy (non-hydrogen) atoms. The fraction of sp³-hybridized carbons (Fsp3) is 1.00. The standard InChI is InChI=1S/C15H32N2/c1-5-7-8-11-15(4,12-16)17-13(3)9-10-14(17)6-2/h13-14H,5-12,16H2,1-4H3. The summed E-state index contributed by atoms with van der Waals surface area (Å²) in [7, 11) is 0. The van der Waals surface area contributed by atoms with E-state index in [-0.39, 0.29) is 5.54 Å². The lowest BCUT2D eigenvalue weighted by Crippen LogP contribution is -2.56. The number of hydrogen-bond donors (Lipinski definition) is 1. The maximum absolute atomic E-state index is 6.11. The van der Waals surface area contributed by atoms with Crippen LogP contribution in [-0.2, 0) is 0 Å². The first-order valence-electron chi connectivity index (χ1n) is 7.57. The number of nitrogens with zero attached hydrogens (tertiary/aromatic N) is 1. The third kappa shape index (κ3) is 3.45. The Balaban J connectivity index is 2.68. The van der Waals surface area contributed by atoms with E-state index in [0.717, 1.165) is 18.6 Å². The Morgan fingerprint density at radius 1 is 1.24 bits per heavy atom. The van der Waals surface area contributed by atoms with E-state index in [1.807, 2.05) is 0 Å². The van der Waals surface area contributed by atoms with Crippen LogP contribution in [0.3, 0.4) is 0 Å². The number of rotatable bonds is 7. The van der Waals surface area contributed by atoms with Crippen molar-refractivity contribution in [2.45, 2.75) is 90.3 Å². The van der Waals surface area contributed by atoms with Crippen molar-refractivity contribution in [3.05, 3.63) is 0 Å². The fourth-order valence-corrected chi connectivity index (χ4v) is 3.54. The summed E-state index contributed by atoms with van der Waals surface area (Å²) in [5.41, 5.74) is 6.33. The lowest BCUT2D eigenvalue weighted by atomic mass is 9.90. The van der Waals surface area contributed by atoms with E-state index in [1.165, 1.54) is 44.9 Å². The average Bonchev–Trinajstić information content (AvgIpc) is 2.71. The van der Waals surface area contributed by atoms with Crippen molar-refractivity contribution in [3.63, 3.8) is 0 Å². The molecule has 1 aliphatic heterocycles. The van der Waals surface area contributed by atoms with E-state index in [2.05, 4.69) is 32.6 Å². The Kier molecular flexibility index (Phi) is 5.94. The van der Waals surface area contributed by atoms with Crippen molar-refractivity contribution in [1.82, 2.24) is 4.90 Å². The lowest BCUT2D eigenvalue weighted by molar-refractivity contribution is 0.0506. The van der Waals surface area contributed by atoms with Gasteiger partial charge in [-0.15, -0.1) is 0 Å². The zero-order valence-corrected chi connectivity index (χ0v) is 12.3. The first kappa shape index (κ1) is 15.0. The minimum atomic E-state index is 0.228. The largest absolute Gasteiger partial charge is 0.329 e. The maximum atomic E-state index is 6.11. The van der Waals surface area contributed by atoms with Gasteiger partial charge < -0.3 is 5.73 Å². The van der Waals surface area contributed by atoms with Crippen molar-refractivity contribution in [3.8, 4) is 0 Å². The summed E-state index contributed by atoms with van der Waals surface area (Å²) >= 11 is 0. The number of hydrogen-bond acceptors (Lipinski definition) is 2. The topological polar surface area (TPSA) is 29.3 Å². The first-order chi connectivity index (χ1) is 8.09. The Bertz CT molecular complexity index is 217. The molecule has 3 unspecified atom stereocenters. The Hall–Kier alpha value is -0.0800. The van der Waals surface area contributed by atoms with Crippen LogP contribution in [0.5, 0.6) is 0 Å². The summed E-state index contributed by atoms with van der Waals surface area (Å²) < 4.78 is 0. The number of likely N-dealkylation sites (tertiary alicyclic amines) is 1. The third-order valence-electron chi connectivity index (χ3n) is 4.64. The maximum Gasteiger partial charge on any atom is 0.0309 e. The molecule has 1 aliphatic rings. The highest BCUT2D eigenvalue weighted by Crippen LogP contribution is 2.35. The van der Waals surface area contributed by atoms with Gasteiger partial charge >= 0.3 is 0 Å². The van der Waals surface area contributed by atoms with E-state index >= 15 is 0 Å². The second kappa shape index (κ2) is 6.75. The molecule has 0 aromatic rings. The van der Waals surface area contributed by atoms with E-state index in [1.54, 1.807) is 0 Å². The van der Waals surface area contributed by atoms with Crippen LogP contribution in [-0.4, -0.2) is 29.1 Å². The SMILES string of the molecule is CCCCCC(C)(CN)N1C(C)CCC1CC. The molecule has 0 bridgehead atoms. The lowest BCUT2D eigenvalue weighted by Gasteiger charge is -2.44. The molecule has 0 spiro atoms.